The maximum atomic E-state index is 12.2. The van der Waals surface area contributed by atoms with Crippen molar-refractivity contribution in [2.24, 2.45) is 0 Å². The molecule has 0 aromatic heterocycles. The molecule has 0 spiro atoms. The van der Waals surface area contributed by atoms with Crippen molar-refractivity contribution >= 4 is 34.8 Å². The summed E-state index contributed by atoms with van der Waals surface area (Å²) in [6, 6.07) is 10.6. The molecule has 0 aliphatic rings. The lowest BCUT2D eigenvalue weighted by Gasteiger charge is -2.16. The lowest BCUT2D eigenvalue weighted by atomic mass is 10.1. The summed E-state index contributed by atoms with van der Waals surface area (Å²) in [5.74, 6) is 0.395. The Bertz CT molecular complexity index is 681. The molecule has 0 fully saturated rings. The fourth-order valence-electron chi connectivity index (χ4n) is 1.91. The standard InChI is InChI=1S/C17H17Cl2NO2/c1-10-4-5-16(6-11(10)2)22-12(3)17(21)20-15-8-13(18)7-14(19)9-15/h4-9,12H,1-3H3,(H,20,21). The summed E-state index contributed by atoms with van der Waals surface area (Å²) >= 11 is 11.8. The first-order valence-electron chi connectivity index (χ1n) is 6.86. The van der Waals surface area contributed by atoms with E-state index in [0.717, 1.165) is 5.56 Å². The maximum absolute atomic E-state index is 12.2. The number of hydrogen-bond acceptors (Lipinski definition) is 2. The molecule has 2 rings (SSSR count). The Morgan fingerprint density at radius 3 is 2.27 bits per heavy atom. The molecular formula is C17H17Cl2NO2. The zero-order valence-corrected chi connectivity index (χ0v) is 14.1. The molecule has 0 aliphatic carbocycles. The second-order valence-corrected chi connectivity index (χ2v) is 6.03. The van der Waals surface area contributed by atoms with Crippen molar-refractivity contribution in [1.82, 2.24) is 0 Å². The molecule has 0 saturated carbocycles. The van der Waals surface area contributed by atoms with Crippen molar-refractivity contribution in [2.45, 2.75) is 26.9 Å². The van der Waals surface area contributed by atoms with E-state index in [0.29, 0.717) is 21.5 Å². The quantitative estimate of drug-likeness (QED) is 0.850. The molecular weight excluding hydrogens is 321 g/mol. The van der Waals surface area contributed by atoms with Crippen LogP contribution in [0.2, 0.25) is 10.0 Å². The van der Waals surface area contributed by atoms with Crippen molar-refractivity contribution in [3.05, 3.63) is 57.6 Å². The topological polar surface area (TPSA) is 38.3 Å². The fourth-order valence-corrected chi connectivity index (χ4v) is 2.44. The lowest BCUT2D eigenvalue weighted by Crippen LogP contribution is -2.30. The number of halogens is 2. The Morgan fingerprint density at radius 2 is 1.68 bits per heavy atom. The Morgan fingerprint density at radius 1 is 1.05 bits per heavy atom. The van der Waals surface area contributed by atoms with Gasteiger partial charge in [-0.3, -0.25) is 4.79 Å². The van der Waals surface area contributed by atoms with Gasteiger partial charge in [0.25, 0.3) is 5.91 Å². The first-order chi connectivity index (χ1) is 10.3. The molecule has 0 aliphatic heterocycles. The molecule has 0 heterocycles. The summed E-state index contributed by atoms with van der Waals surface area (Å²) in [7, 11) is 0. The number of nitrogens with one attached hydrogen (secondary N) is 1. The first-order valence-corrected chi connectivity index (χ1v) is 7.61. The van der Waals surface area contributed by atoms with Crippen LogP contribution in [0.1, 0.15) is 18.1 Å². The van der Waals surface area contributed by atoms with Crippen LogP contribution in [0.4, 0.5) is 5.69 Å². The number of anilines is 1. The molecule has 1 N–H and O–H groups in total. The summed E-state index contributed by atoms with van der Waals surface area (Å²) < 4.78 is 5.67. The van der Waals surface area contributed by atoms with Gasteiger partial charge in [0.1, 0.15) is 5.75 Å². The number of carbonyl (C=O) groups excluding carboxylic acids is 1. The maximum Gasteiger partial charge on any atom is 0.265 e. The average Bonchev–Trinajstić information content (AvgIpc) is 2.41. The van der Waals surface area contributed by atoms with E-state index in [9.17, 15) is 4.79 Å². The van der Waals surface area contributed by atoms with Gasteiger partial charge in [-0.05, 0) is 62.2 Å². The first kappa shape index (κ1) is 16.7. The number of carbonyl (C=O) groups is 1. The monoisotopic (exact) mass is 337 g/mol. The molecule has 1 unspecified atom stereocenters. The van der Waals surface area contributed by atoms with Crippen LogP contribution in [-0.4, -0.2) is 12.0 Å². The lowest BCUT2D eigenvalue weighted by molar-refractivity contribution is -0.122. The van der Waals surface area contributed by atoms with Crippen LogP contribution < -0.4 is 10.1 Å². The van der Waals surface area contributed by atoms with Gasteiger partial charge in [-0.25, -0.2) is 0 Å². The summed E-state index contributed by atoms with van der Waals surface area (Å²) in [6.45, 7) is 5.72. The highest BCUT2D eigenvalue weighted by molar-refractivity contribution is 6.35. The van der Waals surface area contributed by atoms with E-state index >= 15 is 0 Å². The second kappa shape index (κ2) is 7.03. The van der Waals surface area contributed by atoms with Crippen molar-refractivity contribution in [2.75, 3.05) is 5.32 Å². The third-order valence-corrected chi connectivity index (χ3v) is 3.73. The van der Waals surface area contributed by atoms with E-state index in [1.54, 1.807) is 25.1 Å². The van der Waals surface area contributed by atoms with Crippen LogP contribution in [0.25, 0.3) is 0 Å². The van der Waals surface area contributed by atoms with Crippen molar-refractivity contribution < 1.29 is 9.53 Å². The zero-order chi connectivity index (χ0) is 16.3. The predicted molar refractivity (Wildman–Crippen MR) is 91.1 cm³/mol. The minimum absolute atomic E-state index is 0.267. The van der Waals surface area contributed by atoms with Gasteiger partial charge in [0.2, 0.25) is 0 Å². The van der Waals surface area contributed by atoms with Crippen LogP contribution in [-0.2, 0) is 4.79 Å². The highest BCUT2D eigenvalue weighted by Gasteiger charge is 2.15. The SMILES string of the molecule is Cc1ccc(OC(C)C(=O)Nc2cc(Cl)cc(Cl)c2)cc1C. The van der Waals surface area contributed by atoms with E-state index in [2.05, 4.69) is 5.32 Å². The van der Waals surface area contributed by atoms with Crippen molar-refractivity contribution in [3.63, 3.8) is 0 Å². The van der Waals surface area contributed by atoms with Crippen LogP contribution in [0.5, 0.6) is 5.75 Å². The van der Waals surface area contributed by atoms with Crippen LogP contribution in [0.3, 0.4) is 0 Å². The van der Waals surface area contributed by atoms with Gasteiger partial charge in [-0.2, -0.15) is 0 Å². The molecule has 3 nitrogen and oxygen atoms in total. The number of aryl methyl sites for hydroxylation is 2. The zero-order valence-electron chi connectivity index (χ0n) is 12.6. The Balaban J connectivity index is 2.04. The van der Waals surface area contributed by atoms with Gasteiger partial charge in [0.05, 0.1) is 0 Å². The number of hydrogen-bond donors (Lipinski definition) is 1. The Kier molecular flexibility index (Phi) is 5.33. The van der Waals surface area contributed by atoms with Crippen molar-refractivity contribution in [3.8, 4) is 5.75 Å². The smallest absolute Gasteiger partial charge is 0.265 e. The van der Waals surface area contributed by atoms with E-state index in [1.807, 2.05) is 32.0 Å². The predicted octanol–water partition coefficient (Wildman–Crippen LogP) is 5.02. The highest BCUT2D eigenvalue weighted by atomic mass is 35.5. The van der Waals surface area contributed by atoms with Gasteiger partial charge in [0.15, 0.2) is 6.10 Å². The van der Waals surface area contributed by atoms with Gasteiger partial charge < -0.3 is 10.1 Å². The third kappa shape index (κ3) is 4.39. The molecule has 0 radical (unpaired) electrons. The van der Waals surface area contributed by atoms with E-state index in [1.165, 1.54) is 5.56 Å². The number of amides is 1. The second-order valence-electron chi connectivity index (χ2n) is 5.15. The number of benzene rings is 2. The molecule has 1 amide bonds. The normalized spacial score (nSPS) is 11.9. The highest BCUT2D eigenvalue weighted by Crippen LogP contribution is 2.23. The van der Waals surface area contributed by atoms with Crippen LogP contribution in [0, 0.1) is 13.8 Å². The molecule has 0 saturated heterocycles. The fraction of sp³-hybridized carbons (Fsp3) is 0.235. The molecule has 22 heavy (non-hydrogen) atoms. The van der Waals surface area contributed by atoms with Gasteiger partial charge >= 0.3 is 0 Å². The van der Waals surface area contributed by atoms with Crippen molar-refractivity contribution in [1.29, 1.82) is 0 Å². The summed E-state index contributed by atoms with van der Waals surface area (Å²) in [4.78, 5) is 12.2. The van der Waals surface area contributed by atoms with E-state index < -0.39 is 6.10 Å². The summed E-state index contributed by atoms with van der Waals surface area (Å²) in [6.07, 6.45) is -0.639. The molecule has 0 bridgehead atoms. The minimum Gasteiger partial charge on any atom is -0.481 e. The number of ether oxygens (including phenoxy) is 1. The van der Waals surface area contributed by atoms with Gasteiger partial charge in [-0.1, -0.05) is 29.3 Å². The molecule has 5 heteroatoms. The van der Waals surface area contributed by atoms with Gasteiger partial charge in [0, 0.05) is 15.7 Å². The molecule has 2 aromatic rings. The summed E-state index contributed by atoms with van der Waals surface area (Å²) in [5.41, 5.74) is 2.84. The molecule has 1 atom stereocenters. The average molecular weight is 338 g/mol. The largest absolute Gasteiger partial charge is 0.481 e. The van der Waals surface area contributed by atoms with Gasteiger partial charge in [-0.15, -0.1) is 0 Å². The van der Waals surface area contributed by atoms with Crippen LogP contribution in [0.15, 0.2) is 36.4 Å². The number of rotatable bonds is 4. The Labute approximate surface area is 140 Å². The molecule has 2 aromatic carbocycles. The molecule has 116 valence electrons. The van der Waals surface area contributed by atoms with E-state index in [4.69, 9.17) is 27.9 Å². The Hall–Kier alpha value is -1.71. The van der Waals surface area contributed by atoms with Crippen LogP contribution >= 0.6 is 23.2 Å². The minimum atomic E-state index is -0.639. The third-order valence-electron chi connectivity index (χ3n) is 3.29. The summed E-state index contributed by atoms with van der Waals surface area (Å²) in [5, 5.41) is 3.66. The van der Waals surface area contributed by atoms with E-state index in [-0.39, 0.29) is 5.91 Å².